The molecular formula is C19H24N2O2. The predicted octanol–water partition coefficient (Wildman–Crippen LogP) is 2.68. The Morgan fingerprint density at radius 2 is 1.96 bits per heavy atom. The monoisotopic (exact) mass is 312 g/mol. The zero-order chi connectivity index (χ0) is 16.2. The number of benzene rings is 1. The highest BCUT2D eigenvalue weighted by atomic mass is 16.2. The van der Waals surface area contributed by atoms with E-state index < -0.39 is 0 Å². The van der Waals surface area contributed by atoms with Gasteiger partial charge in [-0.15, -0.1) is 6.58 Å². The van der Waals surface area contributed by atoms with Gasteiger partial charge in [-0.25, -0.2) is 0 Å². The van der Waals surface area contributed by atoms with Crippen LogP contribution in [0.2, 0.25) is 0 Å². The molecule has 1 N–H and O–H groups in total. The Hall–Kier alpha value is -2.10. The molecule has 0 bridgehead atoms. The summed E-state index contributed by atoms with van der Waals surface area (Å²) in [6.07, 6.45) is 6.23. The molecule has 1 aliphatic heterocycles. The summed E-state index contributed by atoms with van der Waals surface area (Å²) in [6.45, 7) is 4.82. The van der Waals surface area contributed by atoms with Crippen molar-refractivity contribution >= 4 is 17.5 Å². The highest BCUT2D eigenvalue weighted by Gasteiger charge is 2.39. The van der Waals surface area contributed by atoms with E-state index in [0.717, 1.165) is 44.3 Å². The second-order valence-corrected chi connectivity index (χ2v) is 6.40. The molecule has 1 aromatic rings. The molecule has 4 heteroatoms. The standard InChI is InChI=1S/C19H24N2O2/c1-2-12-20-18(22)15-8-4-5-9-16(15)19(23)21-13-11-14-7-3-6-10-17(14)21/h2-3,6-7,10,15-16H,1,4-5,8-9,11-13H2,(H,20,22). The first-order valence-electron chi connectivity index (χ1n) is 8.50. The molecule has 1 heterocycles. The second-order valence-electron chi connectivity index (χ2n) is 6.40. The SMILES string of the molecule is C=CCNC(=O)C1CCCCC1C(=O)N1CCc2ccccc21. The van der Waals surface area contributed by atoms with Gasteiger partial charge in [-0.1, -0.05) is 37.1 Å². The molecule has 1 aliphatic carbocycles. The van der Waals surface area contributed by atoms with Gasteiger partial charge < -0.3 is 10.2 Å². The molecule has 2 unspecified atom stereocenters. The average molecular weight is 312 g/mol. The summed E-state index contributed by atoms with van der Waals surface area (Å²) in [5.74, 6) is -0.285. The van der Waals surface area contributed by atoms with Gasteiger partial charge in [0, 0.05) is 24.7 Å². The predicted molar refractivity (Wildman–Crippen MR) is 91.2 cm³/mol. The Bertz CT molecular complexity index is 611. The highest BCUT2D eigenvalue weighted by molar-refractivity contribution is 5.99. The Balaban J connectivity index is 1.77. The number of carbonyl (C=O) groups excluding carboxylic acids is 2. The van der Waals surface area contributed by atoms with Crippen molar-refractivity contribution in [1.82, 2.24) is 5.32 Å². The minimum absolute atomic E-state index is 0.00423. The minimum Gasteiger partial charge on any atom is -0.352 e. The van der Waals surface area contributed by atoms with Gasteiger partial charge in [0.05, 0.1) is 5.92 Å². The third-order valence-electron chi connectivity index (χ3n) is 4.99. The molecule has 4 nitrogen and oxygen atoms in total. The lowest BCUT2D eigenvalue weighted by molar-refractivity contribution is -0.135. The van der Waals surface area contributed by atoms with Gasteiger partial charge in [0.15, 0.2) is 0 Å². The Morgan fingerprint density at radius 1 is 1.22 bits per heavy atom. The number of anilines is 1. The molecule has 0 saturated heterocycles. The topological polar surface area (TPSA) is 49.4 Å². The molecule has 23 heavy (non-hydrogen) atoms. The van der Waals surface area contributed by atoms with Crippen LogP contribution >= 0.6 is 0 Å². The summed E-state index contributed by atoms with van der Waals surface area (Å²) in [5.41, 5.74) is 2.25. The third kappa shape index (κ3) is 3.16. The fraction of sp³-hybridized carbons (Fsp3) is 0.474. The van der Waals surface area contributed by atoms with E-state index in [4.69, 9.17) is 0 Å². The molecule has 0 aromatic heterocycles. The molecule has 2 atom stereocenters. The number of fused-ring (bicyclic) bond motifs is 1. The number of nitrogens with zero attached hydrogens (tertiary/aromatic N) is 1. The molecule has 0 spiro atoms. The third-order valence-corrected chi connectivity index (χ3v) is 4.99. The van der Waals surface area contributed by atoms with Gasteiger partial charge in [0.1, 0.15) is 0 Å². The second kappa shape index (κ2) is 6.99. The highest BCUT2D eigenvalue weighted by Crippen LogP contribution is 2.35. The summed E-state index contributed by atoms with van der Waals surface area (Å²) in [7, 11) is 0. The van der Waals surface area contributed by atoms with Crippen LogP contribution in [0.5, 0.6) is 0 Å². The molecule has 1 aromatic carbocycles. The summed E-state index contributed by atoms with van der Waals surface area (Å²) in [6, 6.07) is 8.08. The lowest BCUT2D eigenvalue weighted by Crippen LogP contribution is -2.45. The van der Waals surface area contributed by atoms with Crippen LogP contribution in [-0.4, -0.2) is 24.9 Å². The Labute approximate surface area is 137 Å². The summed E-state index contributed by atoms with van der Waals surface area (Å²) >= 11 is 0. The molecule has 1 saturated carbocycles. The van der Waals surface area contributed by atoms with Crippen LogP contribution in [0.1, 0.15) is 31.2 Å². The van der Waals surface area contributed by atoms with Gasteiger partial charge in [0.25, 0.3) is 0 Å². The van der Waals surface area contributed by atoms with Gasteiger partial charge >= 0.3 is 0 Å². The molecule has 3 rings (SSSR count). The first-order chi connectivity index (χ1) is 11.2. The number of carbonyl (C=O) groups is 2. The number of para-hydroxylation sites is 1. The number of amides is 2. The van der Waals surface area contributed by atoms with E-state index >= 15 is 0 Å². The number of rotatable bonds is 4. The van der Waals surface area contributed by atoms with Crippen LogP contribution in [0.15, 0.2) is 36.9 Å². The van der Waals surface area contributed by atoms with E-state index in [2.05, 4.69) is 18.0 Å². The van der Waals surface area contributed by atoms with Gasteiger partial charge in [0.2, 0.25) is 11.8 Å². The van der Waals surface area contributed by atoms with Crippen LogP contribution < -0.4 is 10.2 Å². The summed E-state index contributed by atoms with van der Waals surface area (Å²) in [4.78, 5) is 27.4. The van der Waals surface area contributed by atoms with Crippen molar-refractivity contribution in [2.75, 3.05) is 18.0 Å². The minimum atomic E-state index is -0.205. The van der Waals surface area contributed by atoms with Crippen LogP contribution in [-0.2, 0) is 16.0 Å². The van der Waals surface area contributed by atoms with E-state index in [0.29, 0.717) is 6.54 Å². The Kier molecular flexibility index (Phi) is 4.79. The first kappa shape index (κ1) is 15.8. The lowest BCUT2D eigenvalue weighted by atomic mass is 9.77. The number of hydrogen-bond donors (Lipinski definition) is 1. The first-order valence-corrected chi connectivity index (χ1v) is 8.50. The number of hydrogen-bond acceptors (Lipinski definition) is 2. The van der Waals surface area contributed by atoms with Crippen molar-refractivity contribution in [2.45, 2.75) is 32.1 Å². The van der Waals surface area contributed by atoms with E-state index in [-0.39, 0.29) is 23.7 Å². The van der Waals surface area contributed by atoms with Crippen LogP contribution in [0, 0.1) is 11.8 Å². The molecule has 2 amide bonds. The van der Waals surface area contributed by atoms with Crippen LogP contribution in [0.25, 0.3) is 0 Å². The molecule has 2 aliphatic rings. The fourth-order valence-electron chi connectivity index (χ4n) is 3.81. The normalized spacial score (nSPS) is 23.2. The van der Waals surface area contributed by atoms with E-state index in [9.17, 15) is 9.59 Å². The van der Waals surface area contributed by atoms with Gasteiger partial charge in [-0.05, 0) is 30.9 Å². The Morgan fingerprint density at radius 3 is 2.74 bits per heavy atom. The van der Waals surface area contributed by atoms with Crippen LogP contribution in [0.4, 0.5) is 5.69 Å². The lowest BCUT2D eigenvalue weighted by Gasteiger charge is -2.32. The van der Waals surface area contributed by atoms with Gasteiger partial charge in [-0.3, -0.25) is 9.59 Å². The van der Waals surface area contributed by atoms with Crippen molar-refractivity contribution in [3.63, 3.8) is 0 Å². The maximum absolute atomic E-state index is 13.1. The number of nitrogens with one attached hydrogen (secondary N) is 1. The largest absolute Gasteiger partial charge is 0.352 e. The summed E-state index contributed by atoms with van der Waals surface area (Å²) < 4.78 is 0. The molecule has 122 valence electrons. The summed E-state index contributed by atoms with van der Waals surface area (Å²) in [5, 5.41) is 2.87. The van der Waals surface area contributed by atoms with E-state index in [1.807, 2.05) is 23.1 Å². The zero-order valence-electron chi connectivity index (χ0n) is 13.5. The molecular weight excluding hydrogens is 288 g/mol. The quantitative estimate of drug-likeness (QED) is 0.869. The van der Waals surface area contributed by atoms with Crippen molar-refractivity contribution < 1.29 is 9.59 Å². The van der Waals surface area contributed by atoms with Crippen molar-refractivity contribution in [2.24, 2.45) is 11.8 Å². The molecule has 0 radical (unpaired) electrons. The van der Waals surface area contributed by atoms with Crippen LogP contribution in [0.3, 0.4) is 0 Å². The molecule has 1 fully saturated rings. The average Bonchev–Trinajstić information content (AvgIpc) is 3.03. The maximum Gasteiger partial charge on any atom is 0.230 e. The van der Waals surface area contributed by atoms with E-state index in [1.165, 1.54) is 5.56 Å². The van der Waals surface area contributed by atoms with Crippen molar-refractivity contribution in [3.8, 4) is 0 Å². The van der Waals surface area contributed by atoms with E-state index in [1.54, 1.807) is 6.08 Å². The zero-order valence-corrected chi connectivity index (χ0v) is 13.5. The smallest absolute Gasteiger partial charge is 0.230 e. The van der Waals surface area contributed by atoms with Crippen molar-refractivity contribution in [1.29, 1.82) is 0 Å². The fourth-order valence-corrected chi connectivity index (χ4v) is 3.81. The van der Waals surface area contributed by atoms with Gasteiger partial charge in [-0.2, -0.15) is 0 Å². The maximum atomic E-state index is 13.1. The van der Waals surface area contributed by atoms with Crippen molar-refractivity contribution in [3.05, 3.63) is 42.5 Å².